The first kappa shape index (κ1) is 15.8. The predicted molar refractivity (Wildman–Crippen MR) is 73.5 cm³/mol. The van der Waals surface area contributed by atoms with Crippen LogP contribution >= 0.6 is 11.6 Å². The number of aromatic amines is 1. The van der Waals surface area contributed by atoms with E-state index in [4.69, 9.17) is 22.1 Å². The van der Waals surface area contributed by atoms with Crippen molar-refractivity contribution < 1.29 is 14.9 Å². The third kappa shape index (κ3) is 2.62. The van der Waals surface area contributed by atoms with Crippen LogP contribution in [0.1, 0.15) is 13.2 Å². The highest BCUT2D eigenvalue weighted by molar-refractivity contribution is 6.30. The second-order valence-corrected chi connectivity index (χ2v) is 5.00. The highest BCUT2D eigenvalue weighted by Crippen LogP contribution is 2.36. The quantitative estimate of drug-likeness (QED) is 0.470. The Bertz CT molecular complexity index is 703. The lowest BCUT2D eigenvalue weighted by Gasteiger charge is -2.27. The van der Waals surface area contributed by atoms with E-state index in [0.717, 1.165) is 10.6 Å². The van der Waals surface area contributed by atoms with Crippen LogP contribution in [0.3, 0.4) is 0 Å². The zero-order valence-corrected chi connectivity index (χ0v) is 11.7. The Kier molecular flexibility index (Phi) is 4.22. The normalized spacial score (nSPS) is 33.3. The number of nitrogens with zero attached hydrogens (tertiary/aromatic N) is 1. The van der Waals surface area contributed by atoms with E-state index in [1.807, 2.05) is 4.98 Å². The molecule has 1 aliphatic rings. The van der Waals surface area contributed by atoms with E-state index in [2.05, 4.69) is 11.3 Å². The standard InChI is InChI=1S/C12H14ClN3O5/c1-6(17)8-9(19)12(14,3-4-13)10(21-8)16-5-2-7(18)15-11(16)20/h2,5-6,8-10,17,19H,14H2,1H3,(H,15,18,20)/t6-,8+,9?,10+,12?/m0/s1. The molecule has 0 radical (unpaired) electrons. The minimum absolute atomic E-state index is 0.590. The molecule has 5 atom stereocenters. The highest BCUT2D eigenvalue weighted by Gasteiger charge is 2.55. The van der Waals surface area contributed by atoms with Crippen molar-refractivity contribution in [3.8, 4) is 11.3 Å². The third-order valence-corrected chi connectivity index (χ3v) is 3.43. The van der Waals surface area contributed by atoms with E-state index < -0.39 is 41.3 Å². The number of nitrogens with two attached hydrogens (primary N) is 1. The molecule has 5 N–H and O–H groups in total. The number of hydrogen-bond donors (Lipinski definition) is 4. The summed E-state index contributed by atoms with van der Waals surface area (Å²) in [6, 6.07) is 1.10. The number of nitrogens with one attached hydrogen (secondary N) is 1. The van der Waals surface area contributed by atoms with E-state index in [0.29, 0.717) is 0 Å². The lowest BCUT2D eigenvalue weighted by molar-refractivity contribution is -0.0778. The summed E-state index contributed by atoms with van der Waals surface area (Å²) in [5.74, 6) is 2.40. The van der Waals surface area contributed by atoms with Gasteiger partial charge in [0.15, 0.2) is 11.8 Å². The van der Waals surface area contributed by atoms with Gasteiger partial charge in [-0.15, -0.1) is 0 Å². The average molecular weight is 316 g/mol. The van der Waals surface area contributed by atoms with Crippen LogP contribution in [0.2, 0.25) is 0 Å². The monoisotopic (exact) mass is 315 g/mol. The number of aromatic nitrogens is 2. The molecule has 0 aliphatic carbocycles. The van der Waals surface area contributed by atoms with Gasteiger partial charge in [0.2, 0.25) is 0 Å². The first-order chi connectivity index (χ1) is 9.81. The summed E-state index contributed by atoms with van der Waals surface area (Å²) in [5, 5.41) is 21.9. The fourth-order valence-corrected chi connectivity index (χ4v) is 2.42. The maximum atomic E-state index is 11.8. The van der Waals surface area contributed by atoms with Gasteiger partial charge in [-0.3, -0.25) is 14.3 Å². The van der Waals surface area contributed by atoms with Crippen molar-refractivity contribution in [1.29, 1.82) is 0 Å². The molecule has 2 rings (SSSR count). The highest BCUT2D eigenvalue weighted by atomic mass is 35.5. The SMILES string of the molecule is C[C@H](O)[C@H]1O[C@@H](n2ccc(=O)[nH]c2=O)C(N)(C#CCl)C1O. The molecule has 114 valence electrons. The molecule has 21 heavy (non-hydrogen) atoms. The van der Waals surface area contributed by atoms with Crippen LogP contribution < -0.4 is 17.0 Å². The average Bonchev–Trinajstić information content (AvgIpc) is 2.64. The van der Waals surface area contributed by atoms with Crippen molar-refractivity contribution in [3.05, 3.63) is 33.1 Å². The van der Waals surface area contributed by atoms with Crippen LogP contribution in [0.25, 0.3) is 0 Å². The molecule has 0 bridgehead atoms. The molecule has 9 heteroatoms. The van der Waals surface area contributed by atoms with Gasteiger partial charge in [-0.1, -0.05) is 5.92 Å². The zero-order valence-electron chi connectivity index (χ0n) is 11.0. The van der Waals surface area contributed by atoms with Crippen LogP contribution in [0, 0.1) is 11.3 Å². The minimum Gasteiger partial charge on any atom is -0.391 e. The van der Waals surface area contributed by atoms with Gasteiger partial charge in [0.05, 0.1) is 6.10 Å². The molecule has 8 nitrogen and oxygen atoms in total. The van der Waals surface area contributed by atoms with Gasteiger partial charge < -0.3 is 20.7 Å². The maximum absolute atomic E-state index is 11.8. The smallest absolute Gasteiger partial charge is 0.330 e. The first-order valence-corrected chi connectivity index (χ1v) is 6.44. The summed E-state index contributed by atoms with van der Waals surface area (Å²) >= 11 is 5.37. The van der Waals surface area contributed by atoms with E-state index in [1.54, 1.807) is 0 Å². The van der Waals surface area contributed by atoms with Gasteiger partial charge in [-0.05, 0) is 18.5 Å². The number of H-pyrrole nitrogens is 1. The summed E-state index contributed by atoms with van der Waals surface area (Å²) < 4.78 is 6.45. The van der Waals surface area contributed by atoms with Crippen molar-refractivity contribution in [2.45, 2.75) is 37.0 Å². The molecule has 1 saturated heterocycles. The Morgan fingerprint density at radius 2 is 2.29 bits per heavy atom. The molecular formula is C12H14ClN3O5. The number of hydrogen-bond acceptors (Lipinski definition) is 6. The van der Waals surface area contributed by atoms with Crippen molar-refractivity contribution in [2.24, 2.45) is 5.73 Å². The Hall–Kier alpha value is -1.63. The summed E-state index contributed by atoms with van der Waals surface area (Å²) in [5.41, 5.74) is 2.94. The van der Waals surface area contributed by atoms with Gasteiger partial charge in [0.25, 0.3) is 5.56 Å². The zero-order chi connectivity index (χ0) is 15.8. The lowest BCUT2D eigenvalue weighted by atomic mass is 9.90. The predicted octanol–water partition coefficient (Wildman–Crippen LogP) is -1.93. The number of aliphatic hydroxyl groups is 2. The van der Waals surface area contributed by atoms with Crippen LogP contribution in [0.4, 0.5) is 0 Å². The summed E-state index contributed by atoms with van der Waals surface area (Å²) in [6.45, 7) is 1.40. The molecular weight excluding hydrogens is 302 g/mol. The van der Waals surface area contributed by atoms with Crippen molar-refractivity contribution >= 4 is 11.6 Å². The van der Waals surface area contributed by atoms with E-state index >= 15 is 0 Å². The number of halogens is 1. The van der Waals surface area contributed by atoms with Crippen molar-refractivity contribution in [1.82, 2.24) is 9.55 Å². The van der Waals surface area contributed by atoms with Gasteiger partial charge >= 0.3 is 5.69 Å². The topological polar surface area (TPSA) is 131 Å². The first-order valence-electron chi connectivity index (χ1n) is 6.06. The molecule has 2 heterocycles. The van der Waals surface area contributed by atoms with E-state index in [-0.39, 0.29) is 0 Å². The van der Waals surface area contributed by atoms with Gasteiger partial charge in [0.1, 0.15) is 12.2 Å². The second-order valence-electron chi connectivity index (χ2n) is 4.81. The summed E-state index contributed by atoms with van der Waals surface area (Å²) in [6.07, 6.45) is -3.55. The summed E-state index contributed by atoms with van der Waals surface area (Å²) in [7, 11) is 0. The van der Waals surface area contributed by atoms with E-state index in [1.165, 1.54) is 13.1 Å². The third-order valence-electron chi connectivity index (χ3n) is 3.34. The van der Waals surface area contributed by atoms with Crippen molar-refractivity contribution in [3.63, 3.8) is 0 Å². The van der Waals surface area contributed by atoms with Gasteiger partial charge in [-0.2, -0.15) is 0 Å². The van der Waals surface area contributed by atoms with Crippen molar-refractivity contribution in [2.75, 3.05) is 0 Å². The van der Waals surface area contributed by atoms with E-state index in [9.17, 15) is 19.8 Å². The molecule has 1 aromatic rings. The number of rotatable bonds is 2. The molecule has 0 amide bonds. The Labute approximate surface area is 124 Å². The Balaban J connectivity index is 2.56. The number of aliphatic hydroxyl groups excluding tert-OH is 2. The lowest BCUT2D eigenvalue weighted by Crippen LogP contribution is -2.55. The maximum Gasteiger partial charge on any atom is 0.330 e. The second kappa shape index (κ2) is 5.63. The molecule has 0 saturated carbocycles. The molecule has 1 aliphatic heterocycles. The Morgan fingerprint density at radius 3 is 2.81 bits per heavy atom. The Morgan fingerprint density at radius 1 is 1.62 bits per heavy atom. The van der Waals surface area contributed by atoms with Crippen LogP contribution in [0.5, 0.6) is 0 Å². The molecule has 2 unspecified atom stereocenters. The minimum atomic E-state index is -1.72. The summed E-state index contributed by atoms with van der Waals surface area (Å²) in [4.78, 5) is 25.0. The van der Waals surface area contributed by atoms with Crippen LogP contribution in [-0.4, -0.2) is 43.6 Å². The molecule has 1 aromatic heterocycles. The molecule has 1 fully saturated rings. The van der Waals surface area contributed by atoms with Gasteiger partial charge in [-0.25, -0.2) is 4.79 Å². The largest absolute Gasteiger partial charge is 0.391 e. The fraction of sp³-hybridized carbons (Fsp3) is 0.500. The fourth-order valence-electron chi connectivity index (χ4n) is 2.26. The van der Waals surface area contributed by atoms with Gasteiger partial charge in [0, 0.05) is 17.6 Å². The van der Waals surface area contributed by atoms with Crippen LogP contribution in [0.15, 0.2) is 21.9 Å². The van der Waals surface area contributed by atoms with Crippen LogP contribution in [-0.2, 0) is 4.74 Å². The number of ether oxygens (including phenoxy) is 1. The molecule has 0 spiro atoms. The molecule has 0 aromatic carbocycles.